The van der Waals surface area contributed by atoms with Crippen molar-refractivity contribution in [3.05, 3.63) is 23.8 Å². The summed E-state index contributed by atoms with van der Waals surface area (Å²) in [5.74, 6) is 0. The molecule has 0 fully saturated rings. The standard InChI is InChI=1S/C15H27N3O2S/c1-11(2)18(12(3)4)9-8-17-21(19,20)14-7-6-13(5)15(16)10-14/h6-7,10-12,17H,8-9,16H2,1-5H3. The summed E-state index contributed by atoms with van der Waals surface area (Å²) in [7, 11) is -3.50. The smallest absolute Gasteiger partial charge is 0.240 e. The number of hydrogen-bond acceptors (Lipinski definition) is 4. The second-order valence-corrected chi connectivity index (χ2v) is 7.61. The Bertz CT molecular complexity index is 560. The van der Waals surface area contributed by atoms with Crippen molar-refractivity contribution in [3.8, 4) is 0 Å². The molecule has 1 aromatic carbocycles. The van der Waals surface area contributed by atoms with Crippen LogP contribution in [0.3, 0.4) is 0 Å². The van der Waals surface area contributed by atoms with Crippen LogP contribution in [0.1, 0.15) is 33.3 Å². The van der Waals surface area contributed by atoms with E-state index in [-0.39, 0.29) is 4.90 Å². The van der Waals surface area contributed by atoms with Gasteiger partial charge in [-0.25, -0.2) is 13.1 Å². The van der Waals surface area contributed by atoms with Crippen molar-refractivity contribution in [3.63, 3.8) is 0 Å². The molecule has 0 heterocycles. The van der Waals surface area contributed by atoms with Crippen molar-refractivity contribution in [2.75, 3.05) is 18.8 Å². The molecule has 0 aliphatic carbocycles. The fourth-order valence-electron chi connectivity index (χ4n) is 2.29. The van der Waals surface area contributed by atoms with Gasteiger partial charge in [-0.3, -0.25) is 4.90 Å². The van der Waals surface area contributed by atoms with Gasteiger partial charge in [-0.1, -0.05) is 6.07 Å². The highest BCUT2D eigenvalue weighted by molar-refractivity contribution is 7.89. The number of anilines is 1. The number of nitrogens with two attached hydrogens (primary N) is 1. The lowest BCUT2D eigenvalue weighted by Crippen LogP contribution is -2.42. The lowest BCUT2D eigenvalue weighted by Gasteiger charge is -2.30. The molecular weight excluding hydrogens is 286 g/mol. The molecule has 6 heteroatoms. The molecule has 21 heavy (non-hydrogen) atoms. The zero-order valence-electron chi connectivity index (χ0n) is 13.6. The van der Waals surface area contributed by atoms with Crippen molar-refractivity contribution >= 4 is 15.7 Å². The van der Waals surface area contributed by atoms with Gasteiger partial charge in [0.1, 0.15) is 0 Å². The minimum atomic E-state index is -3.50. The number of sulfonamides is 1. The molecule has 5 nitrogen and oxygen atoms in total. The first-order chi connectivity index (χ1) is 9.65. The SMILES string of the molecule is Cc1ccc(S(=O)(=O)NCCN(C(C)C)C(C)C)cc1N. The van der Waals surface area contributed by atoms with E-state index in [9.17, 15) is 8.42 Å². The molecule has 0 saturated heterocycles. The Kier molecular flexibility index (Phi) is 6.19. The van der Waals surface area contributed by atoms with Gasteiger partial charge in [0.05, 0.1) is 4.90 Å². The summed E-state index contributed by atoms with van der Waals surface area (Å²) in [4.78, 5) is 2.46. The molecule has 3 N–H and O–H groups in total. The van der Waals surface area contributed by atoms with Crippen LogP contribution in [0.25, 0.3) is 0 Å². The third-order valence-corrected chi connectivity index (χ3v) is 5.01. The first kappa shape index (κ1) is 17.9. The Morgan fingerprint density at radius 3 is 2.24 bits per heavy atom. The fourth-order valence-corrected chi connectivity index (χ4v) is 3.35. The predicted octanol–water partition coefficient (Wildman–Crippen LogP) is 1.97. The third kappa shape index (κ3) is 4.98. The summed E-state index contributed by atoms with van der Waals surface area (Å²) in [6.07, 6.45) is 0. The number of rotatable bonds is 7. The Hall–Kier alpha value is -1.11. The molecule has 0 unspecified atom stereocenters. The maximum atomic E-state index is 12.2. The normalized spacial score (nSPS) is 12.6. The summed E-state index contributed by atoms with van der Waals surface area (Å²) in [6.45, 7) is 11.3. The van der Waals surface area contributed by atoms with E-state index >= 15 is 0 Å². The van der Waals surface area contributed by atoms with Crippen molar-refractivity contribution in [1.29, 1.82) is 0 Å². The highest BCUT2D eigenvalue weighted by Gasteiger charge is 2.17. The van der Waals surface area contributed by atoms with Crippen LogP contribution in [0.5, 0.6) is 0 Å². The maximum absolute atomic E-state index is 12.2. The molecule has 0 atom stereocenters. The zero-order valence-corrected chi connectivity index (χ0v) is 14.4. The van der Waals surface area contributed by atoms with Gasteiger partial charge in [0.15, 0.2) is 0 Å². The molecule has 120 valence electrons. The molecule has 0 radical (unpaired) electrons. The average Bonchev–Trinajstić information content (AvgIpc) is 2.36. The minimum Gasteiger partial charge on any atom is -0.398 e. The summed E-state index contributed by atoms with van der Waals surface area (Å²) in [6, 6.07) is 5.56. The van der Waals surface area contributed by atoms with Gasteiger partial charge in [0.25, 0.3) is 0 Å². The van der Waals surface area contributed by atoms with Gasteiger partial charge in [-0.05, 0) is 52.3 Å². The van der Waals surface area contributed by atoms with E-state index < -0.39 is 10.0 Å². The molecule has 0 spiro atoms. The number of hydrogen-bond donors (Lipinski definition) is 2. The number of nitrogen functional groups attached to an aromatic ring is 1. The maximum Gasteiger partial charge on any atom is 0.240 e. The minimum absolute atomic E-state index is 0.214. The van der Waals surface area contributed by atoms with E-state index in [0.717, 1.165) is 5.56 Å². The number of aryl methyl sites for hydroxylation is 1. The third-order valence-electron chi connectivity index (χ3n) is 3.55. The van der Waals surface area contributed by atoms with Crippen LogP contribution in [-0.4, -0.2) is 38.5 Å². The molecule has 0 saturated carbocycles. The first-order valence-corrected chi connectivity index (χ1v) is 8.75. The Balaban J connectivity index is 2.71. The van der Waals surface area contributed by atoms with Crippen LogP contribution >= 0.6 is 0 Å². The van der Waals surface area contributed by atoms with Gasteiger partial charge < -0.3 is 5.73 Å². The van der Waals surface area contributed by atoms with Crippen molar-refractivity contribution < 1.29 is 8.42 Å². The Morgan fingerprint density at radius 1 is 1.19 bits per heavy atom. The fraction of sp³-hybridized carbons (Fsp3) is 0.600. The molecule has 1 rings (SSSR count). The zero-order chi connectivity index (χ0) is 16.2. The second-order valence-electron chi connectivity index (χ2n) is 5.84. The van der Waals surface area contributed by atoms with Gasteiger partial charge >= 0.3 is 0 Å². The lowest BCUT2D eigenvalue weighted by molar-refractivity contribution is 0.179. The Morgan fingerprint density at radius 2 is 1.76 bits per heavy atom. The van der Waals surface area contributed by atoms with Crippen LogP contribution in [0, 0.1) is 6.92 Å². The van der Waals surface area contributed by atoms with E-state index in [1.165, 1.54) is 6.07 Å². The van der Waals surface area contributed by atoms with Crippen LogP contribution in [0.2, 0.25) is 0 Å². The van der Waals surface area contributed by atoms with Crippen molar-refractivity contribution in [2.24, 2.45) is 0 Å². The van der Waals surface area contributed by atoms with Gasteiger partial charge in [0, 0.05) is 30.9 Å². The van der Waals surface area contributed by atoms with E-state index in [1.807, 2.05) is 6.92 Å². The summed E-state index contributed by atoms with van der Waals surface area (Å²) >= 11 is 0. The average molecular weight is 313 g/mol. The highest BCUT2D eigenvalue weighted by atomic mass is 32.2. The summed E-state index contributed by atoms with van der Waals surface area (Å²) in [5.41, 5.74) is 7.14. The molecule has 1 aromatic rings. The molecule has 0 aliphatic heterocycles. The van der Waals surface area contributed by atoms with Crippen molar-refractivity contribution in [2.45, 2.75) is 51.6 Å². The number of nitrogens with zero attached hydrogens (tertiary/aromatic N) is 1. The van der Waals surface area contributed by atoms with Crippen LogP contribution in [0.4, 0.5) is 5.69 Å². The summed E-state index contributed by atoms with van der Waals surface area (Å²) < 4.78 is 27.1. The topological polar surface area (TPSA) is 75.4 Å². The first-order valence-electron chi connectivity index (χ1n) is 7.26. The largest absolute Gasteiger partial charge is 0.398 e. The monoisotopic (exact) mass is 313 g/mol. The summed E-state index contributed by atoms with van der Waals surface area (Å²) in [5, 5.41) is 0. The quantitative estimate of drug-likeness (QED) is 0.755. The van der Waals surface area contributed by atoms with Gasteiger partial charge in [-0.15, -0.1) is 0 Å². The second kappa shape index (κ2) is 7.24. The van der Waals surface area contributed by atoms with E-state index in [0.29, 0.717) is 30.9 Å². The van der Waals surface area contributed by atoms with Crippen LogP contribution < -0.4 is 10.5 Å². The van der Waals surface area contributed by atoms with Gasteiger partial charge in [-0.2, -0.15) is 0 Å². The van der Waals surface area contributed by atoms with E-state index in [1.54, 1.807) is 12.1 Å². The van der Waals surface area contributed by atoms with Crippen LogP contribution in [-0.2, 0) is 10.0 Å². The Labute approximate surface area is 128 Å². The number of benzene rings is 1. The predicted molar refractivity (Wildman–Crippen MR) is 87.8 cm³/mol. The van der Waals surface area contributed by atoms with Crippen LogP contribution in [0.15, 0.2) is 23.1 Å². The van der Waals surface area contributed by atoms with E-state index in [4.69, 9.17) is 5.73 Å². The molecule has 0 aromatic heterocycles. The highest BCUT2D eigenvalue weighted by Crippen LogP contribution is 2.16. The molecule has 0 amide bonds. The number of nitrogens with one attached hydrogen (secondary N) is 1. The molecular formula is C15H27N3O2S. The lowest BCUT2D eigenvalue weighted by atomic mass is 10.2. The van der Waals surface area contributed by atoms with E-state index in [2.05, 4.69) is 37.3 Å². The van der Waals surface area contributed by atoms with Gasteiger partial charge in [0.2, 0.25) is 10.0 Å². The van der Waals surface area contributed by atoms with Crippen molar-refractivity contribution in [1.82, 2.24) is 9.62 Å². The molecule has 0 bridgehead atoms. The molecule has 0 aliphatic rings.